The molecule has 0 bridgehead atoms. The van der Waals surface area contributed by atoms with Gasteiger partial charge in [0.2, 0.25) is 5.95 Å². The molecule has 0 saturated heterocycles. The normalized spacial score (nSPS) is 10.3. The molecule has 0 unspecified atom stereocenters. The number of hydrogen-bond acceptors (Lipinski definition) is 6. The second-order valence-corrected chi connectivity index (χ2v) is 6.33. The Bertz CT molecular complexity index is 957. The molecule has 0 aliphatic heterocycles. The van der Waals surface area contributed by atoms with Gasteiger partial charge < -0.3 is 20.1 Å². The Morgan fingerprint density at radius 2 is 1.69 bits per heavy atom. The number of benzene rings is 2. The van der Waals surface area contributed by atoms with E-state index in [0.717, 1.165) is 22.7 Å². The van der Waals surface area contributed by atoms with Gasteiger partial charge in [-0.15, -0.1) is 0 Å². The zero-order valence-corrected chi connectivity index (χ0v) is 16.7. The van der Waals surface area contributed by atoms with Gasteiger partial charge in [0, 0.05) is 17.9 Å². The summed E-state index contributed by atoms with van der Waals surface area (Å²) in [7, 11) is 1.62. The summed E-state index contributed by atoms with van der Waals surface area (Å²) in [5, 5.41) is 6.00. The van der Waals surface area contributed by atoms with Crippen molar-refractivity contribution in [2.45, 2.75) is 20.4 Å². The van der Waals surface area contributed by atoms with Crippen LogP contribution < -0.4 is 20.1 Å². The Morgan fingerprint density at radius 1 is 1.00 bits per heavy atom. The third-order valence-electron chi connectivity index (χ3n) is 4.12. The standard InChI is InChI=1S/C22H24N4O3/c1-4-29-19-11-7-17(8-12-19)25-22-24-15(2)13-20(26-22)21(27)23-14-16-5-9-18(28-3)10-6-16/h5-13H,4,14H2,1-3H3,(H,23,27)(H,24,25,26). The number of carbonyl (C=O) groups is 1. The summed E-state index contributed by atoms with van der Waals surface area (Å²) >= 11 is 0. The second-order valence-electron chi connectivity index (χ2n) is 6.33. The minimum absolute atomic E-state index is 0.263. The molecule has 0 fully saturated rings. The highest BCUT2D eigenvalue weighted by molar-refractivity contribution is 5.92. The predicted molar refractivity (Wildman–Crippen MR) is 112 cm³/mol. The minimum Gasteiger partial charge on any atom is -0.497 e. The van der Waals surface area contributed by atoms with E-state index in [1.54, 1.807) is 13.2 Å². The maximum atomic E-state index is 12.5. The first kappa shape index (κ1) is 20.1. The Balaban J connectivity index is 1.66. The first-order chi connectivity index (χ1) is 14.1. The first-order valence-electron chi connectivity index (χ1n) is 9.34. The smallest absolute Gasteiger partial charge is 0.270 e. The van der Waals surface area contributed by atoms with Gasteiger partial charge in [-0.05, 0) is 61.9 Å². The SMILES string of the molecule is CCOc1ccc(Nc2nc(C)cc(C(=O)NCc3ccc(OC)cc3)n2)cc1. The van der Waals surface area contributed by atoms with E-state index in [9.17, 15) is 4.79 Å². The van der Waals surface area contributed by atoms with Crippen LogP contribution in [0.25, 0.3) is 0 Å². The maximum Gasteiger partial charge on any atom is 0.270 e. The summed E-state index contributed by atoms with van der Waals surface area (Å²) in [6.45, 7) is 4.77. The van der Waals surface area contributed by atoms with Crippen LogP contribution >= 0.6 is 0 Å². The van der Waals surface area contributed by atoms with E-state index in [1.807, 2.05) is 62.4 Å². The van der Waals surface area contributed by atoms with E-state index < -0.39 is 0 Å². The third-order valence-corrected chi connectivity index (χ3v) is 4.12. The molecule has 0 aliphatic carbocycles. The predicted octanol–water partition coefficient (Wildman–Crippen LogP) is 3.87. The fourth-order valence-corrected chi connectivity index (χ4v) is 2.69. The Hall–Kier alpha value is -3.61. The highest BCUT2D eigenvalue weighted by Gasteiger charge is 2.11. The van der Waals surface area contributed by atoms with E-state index in [0.29, 0.717) is 30.5 Å². The molecule has 0 aliphatic rings. The van der Waals surface area contributed by atoms with Gasteiger partial charge in [-0.3, -0.25) is 4.79 Å². The number of anilines is 2. The van der Waals surface area contributed by atoms with Gasteiger partial charge in [-0.2, -0.15) is 0 Å². The van der Waals surface area contributed by atoms with Crippen LogP contribution in [0.5, 0.6) is 11.5 Å². The molecule has 0 spiro atoms. The quantitative estimate of drug-likeness (QED) is 0.605. The van der Waals surface area contributed by atoms with E-state index in [-0.39, 0.29) is 5.91 Å². The average molecular weight is 392 g/mol. The van der Waals surface area contributed by atoms with Crippen molar-refractivity contribution in [3.63, 3.8) is 0 Å². The first-order valence-corrected chi connectivity index (χ1v) is 9.34. The van der Waals surface area contributed by atoms with Gasteiger partial charge in [0.1, 0.15) is 17.2 Å². The Kier molecular flexibility index (Phi) is 6.63. The molecule has 29 heavy (non-hydrogen) atoms. The topological polar surface area (TPSA) is 85.4 Å². The van der Waals surface area contributed by atoms with Gasteiger partial charge in [0.05, 0.1) is 13.7 Å². The lowest BCUT2D eigenvalue weighted by Gasteiger charge is -2.10. The molecule has 3 rings (SSSR count). The van der Waals surface area contributed by atoms with Crippen LogP contribution in [0.15, 0.2) is 54.6 Å². The summed E-state index contributed by atoms with van der Waals surface area (Å²) in [6, 6.07) is 16.7. The number of nitrogens with zero attached hydrogens (tertiary/aromatic N) is 2. The molecule has 2 aromatic carbocycles. The number of carbonyl (C=O) groups excluding carboxylic acids is 1. The van der Waals surface area contributed by atoms with Gasteiger partial charge in [-0.25, -0.2) is 9.97 Å². The Labute approximate surface area is 170 Å². The van der Waals surface area contributed by atoms with E-state index in [2.05, 4.69) is 20.6 Å². The van der Waals surface area contributed by atoms with Crippen molar-refractivity contribution in [2.24, 2.45) is 0 Å². The van der Waals surface area contributed by atoms with Crippen LogP contribution in [0.1, 0.15) is 28.7 Å². The molecular formula is C22H24N4O3. The lowest BCUT2D eigenvalue weighted by molar-refractivity contribution is 0.0945. The van der Waals surface area contributed by atoms with Crippen LogP contribution in [0.4, 0.5) is 11.6 Å². The third kappa shape index (κ3) is 5.68. The second kappa shape index (κ2) is 9.54. The van der Waals surface area contributed by atoms with Gasteiger partial charge in [0.15, 0.2) is 0 Å². The number of nitrogens with one attached hydrogen (secondary N) is 2. The number of amides is 1. The van der Waals surface area contributed by atoms with Crippen molar-refractivity contribution in [1.29, 1.82) is 0 Å². The summed E-state index contributed by atoms with van der Waals surface area (Å²) in [6.07, 6.45) is 0. The van der Waals surface area contributed by atoms with Gasteiger partial charge in [0.25, 0.3) is 5.91 Å². The zero-order valence-electron chi connectivity index (χ0n) is 16.7. The maximum absolute atomic E-state index is 12.5. The highest BCUT2D eigenvalue weighted by atomic mass is 16.5. The van der Waals surface area contributed by atoms with Crippen molar-refractivity contribution in [2.75, 3.05) is 19.0 Å². The summed E-state index contributed by atoms with van der Waals surface area (Å²) < 4.78 is 10.6. The number of hydrogen-bond donors (Lipinski definition) is 2. The fourth-order valence-electron chi connectivity index (χ4n) is 2.69. The van der Waals surface area contributed by atoms with Crippen LogP contribution in [0, 0.1) is 6.92 Å². The van der Waals surface area contributed by atoms with Crippen molar-refractivity contribution in [1.82, 2.24) is 15.3 Å². The molecule has 150 valence electrons. The van der Waals surface area contributed by atoms with Gasteiger partial charge >= 0.3 is 0 Å². The van der Waals surface area contributed by atoms with E-state index >= 15 is 0 Å². The lowest BCUT2D eigenvalue weighted by Crippen LogP contribution is -2.24. The molecule has 3 aromatic rings. The molecule has 2 N–H and O–H groups in total. The number of rotatable bonds is 8. The highest BCUT2D eigenvalue weighted by Crippen LogP contribution is 2.19. The Morgan fingerprint density at radius 3 is 2.34 bits per heavy atom. The van der Waals surface area contributed by atoms with Crippen molar-refractivity contribution in [3.8, 4) is 11.5 Å². The van der Waals surface area contributed by atoms with Crippen LogP contribution in [-0.2, 0) is 6.54 Å². The molecule has 1 aromatic heterocycles. The molecule has 7 heteroatoms. The number of ether oxygens (including phenoxy) is 2. The molecule has 7 nitrogen and oxygen atoms in total. The molecule has 1 amide bonds. The summed E-state index contributed by atoms with van der Waals surface area (Å²) in [4.78, 5) is 21.2. The molecule has 0 saturated carbocycles. The average Bonchev–Trinajstić information content (AvgIpc) is 2.73. The summed E-state index contributed by atoms with van der Waals surface area (Å²) in [5.41, 5.74) is 2.78. The molecule has 0 radical (unpaired) electrons. The number of aromatic nitrogens is 2. The monoisotopic (exact) mass is 392 g/mol. The van der Waals surface area contributed by atoms with Crippen molar-refractivity contribution in [3.05, 3.63) is 71.5 Å². The van der Waals surface area contributed by atoms with E-state index in [1.165, 1.54) is 0 Å². The zero-order chi connectivity index (χ0) is 20.6. The molecular weight excluding hydrogens is 368 g/mol. The minimum atomic E-state index is -0.263. The fraction of sp³-hybridized carbons (Fsp3) is 0.227. The molecule has 0 atom stereocenters. The van der Waals surface area contributed by atoms with Crippen LogP contribution in [0.2, 0.25) is 0 Å². The summed E-state index contributed by atoms with van der Waals surface area (Å²) in [5.74, 6) is 1.67. The van der Waals surface area contributed by atoms with Crippen LogP contribution in [0.3, 0.4) is 0 Å². The molecule has 1 heterocycles. The lowest BCUT2D eigenvalue weighted by atomic mass is 10.2. The van der Waals surface area contributed by atoms with E-state index in [4.69, 9.17) is 9.47 Å². The van der Waals surface area contributed by atoms with Crippen molar-refractivity contribution >= 4 is 17.5 Å². The van der Waals surface area contributed by atoms with Crippen LogP contribution in [-0.4, -0.2) is 29.6 Å². The van der Waals surface area contributed by atoms with Crippen molar-refractivity contribution < 1.29 is 14.3 Å². The van der Waals surface area contributed by atoms with Gasteiger partial charge in [-0.1, -0.05) is 12.1 Å². The number of aryl methyl sites for hydroxylation is 1. The largest absolute Gasteiger partial charge is 0.497 e. The number of methoxy groups -OCH3 is 1.